The summed E-state index contributed by atoms with van der Waals surface area (Å²) in [7, 11) is 0. The number of fused-ring (bicyclic) bond motifs is 1. The van der Waals surface area contributed by atoms with Crippen LogP contribution in [0.25, 0.3) is 0 Å². The van der Waals surface area contributed by atoms with Crippen LogP contribution in [0.3, 0.4) is 0 Å². The van der Waals surface area contributed by atoms with Gasteiger partial charge < -0.3 is 15.0 Å². The molecule has 150 valence electrons. The highest BCUT2D eigenvalue weighted by Gasteiger charge is 2.27. The van der Waals surface area contributed by atoms with E-state index in [1.807, 2.05) is 0 Å². The molecule has 0 fully saturated rings. The van der Waals surface area contributed by atoms with Gasteiger partial charge in [0.25, 0.3) is 11.5 Å². The second-order valence-corrected chi connectivity index (χ2v) is 6.85. The summed E-state index contributed by atoms with van der Waals surface area (Å²) in [6.45, 7) is 4.05. The lowest BCUT2D eigenvalue weighted by molar-refractivity contribution is 0.0261. The van der Waals surface area contributed by atoms with Crippen LogP contribution in [0.5, 0.6) is 0 Å². The van der Waals surface area contributed by atoms with Gasteiger partial charge in [0.05, 0.1) is 23.5 Å². The number of carbonyl (C=O) groups excluding carboxylic acids is 1. The highest BCUT2D eigenvalue weighted by molar-refractivity contribution is 6.01. The summed E-state index contributed by atoms with van der Waals surface area (Å²) in [4.78, 5) is 30.7. The van der Waals surface area contributed by atoms with Crippen LogP contribution in [0.4, 0.5) is 15.8 Å². The van der Waals surface area contributed by atoms with Crippen molar-refractivity contribution in [2.75, 3.05) is 18.5 Å². The minimum Gasteiger partial charge on any atom is -0.396 e. The number of anilines is 2. The van der Waals surface area contributed by atoms with Gasteiger partial charge in [-0.05, 0) is 50.8 Å². The van der Waals surface area contributed by atoms with E-state index in [2.05, 4.69) is 10.8 Å². The van der Waals surface area contributed by atoms with Crippen molar-refractivity contribution >= 4 is 17.3 Å². The van der Waals surface area contributed by atoms with Gasteiger partial charge in [-0.1, -0.05) is 6.07 Å². The highest BCUT2D eigenvalue weighted by atomic mass is 19.1. The summed E-state index contributed by atoms with van der Waals surface area (Å²) in [5.41, 5.74) is 4.62. The van der Waals surface area contributed by atoms with Gasteiger partial charge in [-0.2, -0.15) is 0 Å². The number of aliphatic hydroxyl groups excluding tert-OH is 1. The first kappa shape index (κ1) is 20.0. The molecule has 0 radical (unpaired) electrons. The Morgan fingerprint density at radius 2 is 2.14 bits per heavy atom. The van der Waals surface area contributed by atoms with Crippen molar-refractivity contribution < 1.29 is 19.1 Å². The third-order valence-electron chi connectivity index (χ3n) is 4.78. The minimum atomic E-state index is -0.512. The first-order chi connectivity index (χ1) is 13.4. The third-order valence-corrected chi connectivity index (χ3v) is 4.78. The standard InChI is InChI=1S/C20H24FN3O4/c1-12-6-7-15(14(21)11-12)22-18-13(2)20(27)24-8-3-5-16(24)17(18)19(26)23-28-10-4-9-25/h6-7,11,22,25H,3-5,8-10H2,1-2H3,(H,23,26). The molecule has 0 saturated carbocycles. The number of halogens is 1. The van der Waals surface area contributed by atoms with Crippen molar-refractivity contribution in [2.24, 2.45) is 0 Å². The number of hydrogen-bond acceptors (Lipinski definition) is 5. The van der Waals surface area contributed by atoms with Crippen LogP contribution < -0.4 is 16.4 Å². The van der Waals surface area contributed by atoms with E-state index in [9.17, 15) is 14.0 Å². The van der Waals surface area contributed by atoms with E-state index in [0.717, 1.165) is 12.0 Å². The van der Waals surface area contributed by atoms with Gasteiger partial charge in [0.15, 0.2) is 0 Å². The summed E-state index contributed by atoms with van der Waals surface area (Å²) in [5, 5.41) is 11.8. The van der Waals surface area contributed by atoms with Gasteiger partial charge in [-0.3, -0.25) is 14.4 Å². The Bertz CT molecular complexity index is 955. The molecule has 3 rings (SSSR count). The van der Waals surface area contributed by atoms with Crippen LogP contribution in [0.15, 0.2) is 23.0 Å². The van der Waals surface area contributed by atoms with E-state index >= 15 is 0 Å². The molecule has 1 aromatic carbocycles. The molecule has 28 heavy (non-hydrogen) atoms. The second-order valence-electron chi connectivity index (χ2n) is 6.85. The molecule has 0 unspecified atom stereocenters. The molecule has 0 atom stereocenters. The first-order valence-corrected chi connectivity index (χ1v) is 9.26. The van der Waals surface area contributed by atoms with Crippen molar-refractivity contribution in [3.05, 3.63) is 56.8 Å². The van der Waals surface area contributed by atoms with Crippen molar-refractivity contribution in [1.82, 2.24) is 10.0 Å². The maximum absolute atomic E-state index is 14.4. The molecule has 1 aliphatic rings. The molecule has 0 aliphatic carbocycles. The van der Waals surface area contributed by atoms with E-state index in [0.29, 0.717) is 30.6 Å². The van der Waals surface area contributed by atoms with E-state index in [-0.39, 0.29) is 35.7 Å². The smallest absolute Gasteiger partial charge is 0.278 e. The molecule has 1 amide bonds. The molecule has 3 N–H and O–H groups in total. The number of rotatable bonds is 7. The average Bonchev–Trinajstić information content (AvgIpc) is 3.14. The zero-order valence-electron chi connectivity index (χ0n) is 16.0. The number of aliphatic hydroxyl groups is 1. The lowest BCUT2D eigenvalue weighted by Gasteiger charge is -2.19. The number of carbonyl (C=O) groups is 1. The molecule has 2 aromatic rings. The fourth-order valence-electron chi connectivity index (χ4n) is 3.36. The maximum Gasteiger partial charge on any atom is 0.278 e. The molecular formula is C20H24FN3O4. The Balaban J connectivity index is 2.03. The highest BCUT2D eigenvalue weighted by Crippen LogP contribution is 2.30. The van der Waals surface area contributed by atoms with Gasteiger partial charge in [0.1, 0.15) is 5.82 Å². The molecular weight excluding hydrogens is 365 g/mol. The predicted octanol–water partition coefficient (Wildman–Crippen LogP) is 2.34. The molecule has 0 saturated heterocycles. The number of pyridine rings is 1. The number of hydrogen-bond donors (Lipinski definition) is 3. The molecule has 7 nitrogen and oxygen atoms in total. The number of amides is 1. The lowest BCUT2D eigenvalue weighted by Crippen LogP contribution is -2.31. The molecule has 1 aromatic heterocycles. The molecule has 0 bridgehead atoms. The number of nitrogens with zero attached hydrogens (tertiary/aromatic N) is 1. The number of hydroxylamine groups is 1. The van der Waals surface area contributed by atoms with Crippen LogP contribution in [-0.2, 0) is 17.8 Å². The quantitative estimate of drug-likeness (QED) is 0.499. The Kier molecular flexibility index (Phi) is 6.11. The maximum atomic E-state index is 14.4. The van der Waals surface area contributed by atoms with Crippen LogP contribution >= 0.6 is 0 Å². The topological polar surface area (TPSA) is 92.6 Å². The van der Waals surface area contributed by atoms with Crippen molar-refractivity contribution in [1.29, 1.82) is 0 Å². The fraction of sp³-hybridized carbons (Fsp3) is 0.400. The summed E-state index contributed by atoms with van der Waals surface area (Å²) >= 11 is 0. The zero-order chi connectivity index (χ0) is 20.3. The molecule has 8 heteroatoms. The Labute approximate surface area is 162 Å². The van der Waals surface area contributed by atoms with E-state index in [4.69, 9.17) is 9.94 Å². The third kappa shape index (κ3) is 3.93. The minimum absolute atomic E-state index is 0.0510. The second kappa shape index (κ2) is 8.53. The monoisotopic (exact) mass is 389 g/mol. The Morgan fingerprint density at radius 1 is 1.36 bits per heavy atom. The number of benzene rings is 1. The number of aromatic nitrogens is 1. The Morgan fingerprint density at radius 3 is 2.86 bits per heavy atom. The van der Waals surface area contributed by atoms with Crippen LogP contribution in [-0.4, -0.2) is 28.8 Å². The van der Waals surface area contributed by atoms with Gasteiger partial charge in [0.2, 0.25) is 0 Å². The number of nitrogens with one attached hydrogen (secondary N) is 2. The van der Waals surface area contributed by atoms with Crippen molar-refractivity contribution in [3.8, 4) is 0 Å². The van der Waals surface area contributed by atoms with Gasteiger partial charge in [0, 0.05) is 24.4 Å². The van der Waals surface area contributed by atoms with Crippen molar-refractivity contribution in [2.45, 2.75) is 39.7 Å². The van der Waals surface area contributed by atoms with Gasteiger partial charge >= 0.3 is 0 Å². The summed E-state index contributed by atoms with van der Waals surface area (Å²) in [6.07, 6.45) is 1.70. The van der Waals surface area contributed by atoms with Crippen LogP contribution in [0.1, 0.15) is 40.0 Å². The van der Waals surface area contributed by atoms with Crippen LogP contribution in [0.2, 0.25) is 0 Å². The molecule has 0 spiro atoms. The first-order valence-electron chi connectivity index (χ1n) is 9.26. The molecule has 2 heterocycles. The SMILES string of the molecule is Cc1ccc(Nc2c(C(=O)NOCCCO)c3n(c(=O)c2C)CCC3)c(F)c1. The largest absolute Gasteiger partial charge is 0.396 e. The molecule has 1 aliphatic heterocycles. The summed E-state index contributed by atoms with van der Waals surface area (Å²) in [5.74, 6) is -0.979. The van der Waals surface area contributed by atoms with Gasteiger partial charge in [-0.25, -0.2) is 9.87 Å². The predicted molar refractivity (Wildman–Crippen MR) is 103 cm³/mol. The zero-order valence-corrected chi connectivity index (χ0v) is 16.0. The summed E-state index contributed by atoms with van der Waals surface area (Å²) < 4.78 is 16.0. The van der Waals surface area contributed by atoms with Gasteiger partial charge in [-0.15, -0.1) is 0 Å². The number of aryl methyl sites for hydroxylation is 1. The Hall–Kier alpha value is -2.71. The summed E-state index contributed by atoms with van der Waals surface area (Å²) in [6, 6.07) is 4.71. The van der Waals surface area contributed by atoms with E-state index < -0.39 is 11.7 Å². The van der Waals surface area contributed by atoms with E-state index in [1.165, 1.54) is 6.07 Å². The average molecular weight is 389 g/mol. The normalized spacial score (nSPS) is 12.7. The van der Waals surface area contributed by atoms with Crippen molar-refractivity contribution in [3.63, 3.8) is 0 Å². The fourth-order valence-corrected chi connectivity index (χ4v) is 3.36. The van der Waals surface area contributed by atoms with Crippen LogP contribution in [0, 0.1) is 19.7 Å². The van der Waals surface area contributed by atoms with E-state index in [1.54, 1.807) is 30.5 Å². The lowest BCUT2D eigenvalue weighted by atomic mass is 10.0.